The zero-order chi connectivity index (χ0) is 26.3. The molecule has 1 aromatic rings. The first-order valence-corrected chi connectivity index (χ1v) is 12.5. The van der Waals surface area contributed by atoms with E-state index in [4.69, 9.17) is 4.74 Å². The molecule has 0 spiro atoms. The quantitative estimate of drug-likeness (QED) is 0.361. The van der Waals surface area contributed by atoms with E-state index < -0.39 is 51.5 Å². The van der Waals surface area contributed by atoms with E-state index in [0.29, 0.717) is 12.8 Å². The summed E-state index contributed by atoms with van der Waals surface area (Å²) < 4.78 is 7.09. The van der Waals surface area contributed by atoms with Gasteiger partial charge in [-0.05, 0) is 51.2 Å². The summed E-state index contributed by atoms with van der Waals surface area (Å²) >= 11 is 0. The Morgan fingerprint density at radius 3 is 2.20 bits per heavy atom. The van der Waals surface area contributed by atoms with Crippen molar-refractivity contribution in [2.45, 2.75) is 97.4 Å². The van der Waals surface area contributed by atoms with Crippen LogP contribution in [0.15, 0.2) is 23.1 Å². The Labute approximate surface area is 207 Å². The summed E-state index contributed by atoms with van der Waals surface area (Å²) in [5, 5.41) is 12.6. The van der Waals surface area contributed by atoms with Gasteiger partial charge in [-0.2, -0.15) is 0 Å². The van der Waals surface area contributed by atoms with Gasteiger partial charge in [-0.3, -0.25) is 19.7 Å². The van der Waals surface area contributed by atoms with Gasteiger partial charge in [0, 0.05) is 29.6 Å². The molecule has 35 heavy (non-hydrogen) atoms. The number of amides is 1. The number of pyridine rings is 1. The number of hydrogen-bond acceptors (Lipinski definition) is 6. The highest BCUT2D eigenvalue weighted by Crippen LogP contribution is 2.50. The van der Waals surface area contributed by atoms with Crippen LogP contribution in [-0.2, 0) is 21.4 Å². The van der Waals surface area contributed by atoms with Gasteiger partial charge in [-0.1, -0.05) is 40.0 Å². The summed E-state index contributed by atoms with van der Waals surface area (Å²) in [5.41, 5.74) is -1.83. The second-order valence-corrected chi connectivity index (χ2v) is 12.1. The molecule has 1 aromatic heterocycles. The zero-order valence-corrected chi connectivity index (χ0v) is 21.9. The normalized spacial score (nSPS) is 26.0. The Bertz CT molecular complexity index is 1030. The highest BCUT2D eigenvalue weighted by molar-refractivity contribution is 5.88. The Hall–Kier alpha value is -2.71. The largest absolute Gasteiger partial charge is 0.458 e. The van der Waals surface area contributed by atoms with Crippen molar-refractivity contribution in [3.8, 4) is 0 Å². The fraction of sp³-hybridized carbons (Fsp3) is 0.731. The van der Waals surface area contributed by atoms with Gasteiger partial charge < -0.3 is 14.2 Å². The molecule has 0 bridgehead atoms. The van der Waals surface area contributed by atoms with E-state index in [-0.39, 0.29) is 17.4 Å². The predicted octanol–water partition coefficient (Wildman–Crippen LogP) is 3.87. The first-order valence-electron chi connectivity index (χ1n) is 12.5. The first-order chi connectivity index (χ1) is 16.1. The molecule has 1 saturated heterocycles. The van der Waals surface area contributed by atoms with Gasteiger partial charge in [0.25, 0.3) is 5.56 Å². The third-order valence-corrected chi connectivity index (χ3v) is 7.20. The third kappa shape index (κ3) is 5.43. The van der Waals surface area contributed by atoms with E-state index >= 15 is 0 Å². The number of nitrogens with zero attached hydrogens (tertiary/aromatic N) is 3. The van der Waals surface area contributed by atoms with Crippen LogP contribution in [0.1, 0.15) is 85.3 Å². The van der Waals surface area contributed by atoms with Crippen LogP contribution in [-0.4, -0.2) is 44.0 Å². The Balaban J connectivity index is 2.28. The summed E-state index contributed by atoms with van der Waals surface area (Å²) in [6.07, 6.45) is 5.71. The maximum atomic E-state index is 14.1. The molecule has 1 saturated carbocycles. The van der Waals surface area contributed by atoms with Gasteiger partial charge in [0.1, 0.15) is 17.7 Å². The van der Waals surface area contributed by atoms with E-state index in [1.807, 2.05) is 20.8 Å². The van der Waals surface area contributed by atoms with Gasteiger partial charge in [0.15, 0.2) is 0 Å². The van der Waals surface area contributed by atoms with Gasteiger partial charge in [0.2, 0.25) is 11.9 Å². The van der Waals surface area contributed by atoms with Crippen LogP contribution >= 0.6 is 0 Å². The van der Waals surface area contributed by atoms with E-state index in [1.165, 1.54) is 9.47 Å². The maximum absolute atomic E-state index is 14.1. The SMILES string of the molecule is Cn1cccc([C@H]2[C@@H]([N+](=O)[O-])[C@H](C(C)(C)C)[C@@H](C(=O)OC(C)(C)C)N2C(=O)C2CCCCC2)c1=O. The molecule has 1 aliphatic carbocycles. The average molecular weight is 490 g/mol. The molecule has 1 aliphatic heterocycles. The second-order valence-electron chi connectivity index (χ2n) is 12.1. The molecule has 9 nitrogen and oxygen atoms in total. The van der Waals surface area contributed by atoms with E-state index in [2.05, 4.69) is 0 Å². The molecule has 2 heterocycles. The van der Waals surface area contributed by atoms with Crippen molar-refractivity contribution in [3.05, 3.63) is 44.4 Å². The van der Waals surface area contributed by atoms with Crippen molar-refractivity contribution in [1.29, 1.82) is 0 Å². The standard InChI is InChI=1S/C26H39N3O6/c1-25(2,3)18-20(29(33)34)19(17-14-11-15-27(7)23(17)31)28(21(18)24(32)35-26(4,5)6)22(30)16-12-9-8-10-13-16/h11,14-16,18-21H,8-10,12-13H2,1-7H3/t18-,19-,20-,21-/m0/s1. The lowest BCUT2D eigenvalue weighted by atomic mass is 9.73. The number of ether oxygens (including phenoxy) is 1. The molecule has 0 aromatic carbocycles. The number of esters is 1. The minimum Gasteiger partial charge on any atom is -0.458 e. The van der Waals surface area contributed by atoms with Crippen LogP contribution in [0.4, 0.5) is 0 Å². The van der Waals surface area contributed by atoms with E-state index in [9.17, 15) is 24.5 Å². The molecular formula is C26H39N3O6. The van der Waals surface area contributed by atoms with Gasteiger partial charge >= 0.3 is 5.97 Å². The van der Waals surface area contributed by atoms with Crippen molar-refractivity contribution in [2.24, 2.45) is 24.3 Å². The minimum absolute atomic E-state index is 0.154. The molecule has 3 rings (SSSR count). The Kier molecular flexibility index (Phi) is 7.48. The average Bonchev–Trinajstić information content (AvgIpc) is 3.11. The van der Waals surface area contributed by atoms with Gasteiger partial charge in [-0.25, -0.2) is 4.79 Å². The summed E-state index contributed by atoms with van der Waals surface area (Å²) in [4.78, 5) is 54.6. The monoisotopic (exact) mass is 489 g/mol. The fourth-order valence-electron chi connectivity index (χ4n) is 5.76. The third-order valence-electron chi connectivity index (χ3n) is 7.20. The van der Waals surface area contributed by atoms with Crippen LogP contribution in [0.5, 0.6) is 0 Å². The van der Waals surface area contributed by atoms with Crippen LogP contribution in [0, 0.1) is 27.4 Å². The van der Waals surface area contributed by atoms with Crippen molar-refractivity contribution < 1.29 is 19.2 Å². The number of carbonyl (C=O) groups excluding carboxylic acids is 2. The lowest BCUT2D eigenvalue weighted by Crippen LogP contribution is -2.51. The lowest BCUT2D eigenvalue weighted by Gasteiger charge is -2.36. The molecule has 0 radical (unpaired) electrons. The first kappa shape index (κ1) is 26.9. The molecule has 0 unspecified atom stereocenters. The van der Waals surface area contributed by atoms with E-state index in [0.717, 1.165) is 19.3 Å². The predicted molar refractivity (Wildman–Crippen MR) is 131 cm³/mol. The highest BCUT2D eigenvalue weighted by atomic mass is 16.6. The van der Waals surface area contributed by atoms with Crippen molar-refractivity contribution in [1.82, 2.24) is 9.47 Å². The molecule has 9 heteroatoms. The van der Waals surface area contributed by atoms with Crippen LogP contribution in [0.25, 0.3) is 0 Å². The van der Waals surface area contributed by atoms with E-state index in [1.54, 1.807) is 46.1 Å². The number of likely N-dealkylation sites (tertiary alicyclic amines) is 1. The zero-order valence-electron chi connectivity index (χ0n) is 21.9. The highest BCUT2D eigenvalue weighted by Gasteiger charge is 2.65. The molecular weight excluding hydrogens is 450 g/mol. The molecule has 0 N–H and O–H groups in total. The molecule has 4 atom stereocenters. The second kappa shape index (κ2) is 9.74. The van der Waals surface area contributed by atoms with Crippen molar-refractivity contribution in [3.63, 3.8) is 0 Å². The number of carbonyl (C=O) groups is 2. The minimum atomic E-state index is -1.34. The summed E-state index contributed by atoms with van der Waals surface area (Å²) in [6, 6.07) is -0.489. The molecule has 2 fully saturated rings. The molecule has 1 amide bonds. The smallest absolute Gasteiger partial charge is 0.329 e. The summed E-state index contributed by atoms with van der Waals surface area (Å²) in [6.45, 7) is 10.7. The molecule has 194 valence electrons. The van der Waals surface area contributed by atoms with Crippen LogP contribution in [0.3, 0.4) is 0 Å². The number of nitro groups is 1. The van der Waals surface area contributed by atoms with Crippen LogP contribution in [0.2, 0.25) is 0 Å². The summed E-state index contributed by atoms with van der Waals surface area (Å²) in [5.74, 6) is -2.15. The van der Waals surface area contributed by atoms with Crippen molar-refractivity contribution in [2.75, 3.05) is 0 Å². The fourth-order valence-corrected chi connectivity index (χ4v) is 5.76. The number of rotatable bonds is 4. The topological polar surface area (TPSA) is 112 Å². The van der Waals surface area contributed by atoms with Crippen LogP contribution < -0.4 is 5.56 Å². The maximum Gasteiger partial charge on any atom is 0.329 e. The molecule has 2 aliphatic rings. The Morgan fingerprint density at radius 2 is 1.69 bits per heavy atom. The number of aryl methyl sites for hydroxylation is 1. The number of hydrogen-bond donors (Lipinski definition) is 0. The van der Waals surface area contributed by atoms with Crippen molar-refractivity contribution >= 4 is 11.9 Å². The summed E-state index contributed by atoms with van der Waals surface area (Å²) in [7, 11) is 1.57. The van der Waals surface area contributed by atoms with Gasteiger partial charge in [0.05, 0.1) is 5.92 Å². The van der Waals surface area contributed by atoms with Gasteiger partial charge in [-0.15, -0.1) is 0 Å². The number of aromatic nitrogens is 1. The Morgan fingerprint density at radius 1 is 1.09 bits per heavy atom. The lowest BCUT2D eigenvalue weighted by molar-refractivity contribution is -0.536.